The van der Waals surface area contributed by atoms with E-state index in [1.807, 2.05) is 30.3 Å². The van der Waals surface area contributed by atoms with Gasteiger partial charge in [0, 0.05) is 35.7 Å². The lowest BCUT2D eigenvalue weighted by Crippen LogP contribution is -2.29. The number of rotatable bonds is 8. The Morgan fingerprint density at radius 2 is 1.68 bits per heavy atom. The van der Waals surface area contributed by atoms with E-state index >= 15 is 0 Å². The molecule has 2 aromatic carbocycles. The summed E-state index contributed by atoms with van der Waals surface area (Å²) >= 11 is 5.84. The highest BCUT2D eigenvalue weighted by atomic mass is 35.5. The Hall–Kier alpha value is -3.49. The molecular weight excluding hydrogens is 455 g/mol. The molecule has 1 aromatic heterocycles. The maximum absolute atomic E-state index is 13.4. The zero-order valence-corrected chi connectivity index (χ0v) is 19.4. The summed E-state index contributed by atoms with van der Waals surface area (Å²) in [6.07, 6.45) is 8.65. The summed E-state index contributed by atoms with van der Waals surface area (Å²) in [4.78, 5) is 23.1. The molecule has 1 aliphatic heterocycles. The second-order valence-corrected chi connectivity index (χ2v) is 8.41. The normalized spacial score (nSPS) is 14.2. The van der Waals surface area contributed by atoms with Crippen molar-refractivity contribution in [1.29, 1.82) is 0 Å². The number of hydrogen-bond donors (Lipinski definition) is 3. The summed E-state index contributed by atoms with van der Waals surface area (Å²) in [6, 6.07) is 13.4. The van der Waals surface area contributed by atoms with E-state index in [1.54, 1.807) is 18.2 Å². The minimum absolute atomic E-state index is 0.0256. The predicted molar refractivity (Wildman–Crippen MR) is 135 cm³/mol. The topological polar surface area (TPSA) is 82.2 Å². The molecule has 3 aromatic rings. The molecule has 1 saturated heterocycles. The van der Waals surface area contributed by atoms with Crippen LogP contribution in [0.25, 0.3) is 0 Å². The van der Waals surface area contributed by atoms with E-state index in [0.717, 1.165) is 25.3 Å². The fourth-order valence-electron chi connectivity index (χ4n) is 3.67. The van der Waals surface area contributed by atoms with Crippen molar-refractivity contribution >= 4 is 46.2 Å². The number of halogens is 2. The number of nitrogens with one attached hydrogen (secondary N) is 3. The van der Waals surface area contributed by atoms with E-state index in [4.69, 9.17) is 11.6 Å². The molecule has 0 unspecified atom stereocenters. The monoisotopic (exact) mass is 480 g/mol. The Morgan fingerprint density at radius 3 is 2.41 bits per heavy atom. The summed E-state index contributed by atoms with van der Waals surface area (Å²) in [5.74, 6) is 0.418. The number of anilines is 5. The van der Waals surface area contributed by atoms with Gasteiger partial charge in [-0.15, -0.1) is 0 Å². The second-order valence-electron chi connectivity index (χ2n) is 8.00. The lowest BCUT2D eigenvalue weighted by molar-refractivity contribution is -0.111. The van der Waals surface area contributed by atoms with Crippen molar-refractivity contribution in [3.05, 3.63) is 77.9 Å². The molecule has 176 valence electrons. The number of aromatic nitrogens is 2. The van der Waals surface area contributed by atoms with Crippen LogP contribution in [-0.2, 0) is 4.79 Å². The first-order valence-electron chi connectivity index (χ1n) is 11.2. The summed E-state index contributed by atoms with van der Waals surface area (Å²) < 4.78 is 13.4. The summed E-state index contributed by atoms with van der Waals surface area (Å²) in [5, 5.41) is 9.18. The van der Waals surface area contributed by atoms with Crippen molar-refractivity contribution in [1.82, 2.24) is 14.9 Å². The molecular formula is C25H26ClFN6O. The molecule has 0 spiro atoms. The van der Waals surface area contributed by atoms with Crippen LogP contribution in [0.1, 0.15) is 19.3 Å². The standard InChI is InChI=1S/C25H26ClFN6O/c26-21-15-20(9-10-22(21)27)31-24-16-23(28-17-29-24)30-18-6-4-7-19(14-18)32-25(34)8-5-13-33-11-2-1-3-12-33/h4-10,14-17H,1-3,11-13H2,(H,32,34)(H2,28,29,30,31)/b8-5+. The smallest absolute Gasteiger partial charge is 0.248 e. The molecule has 1 aliphatic rings. The van der Waals surface area contributed by atoms with Crippen molar-refractivity contribution in [2.24, 2.45) is 0 Å². The quantitative estimate of drug-likeness (QED) is 0.357. The maximum Gasteiger partial charge on any atom is 0.248 e. The number of likely N-dealkylation sites (tertiary alicyclic amines) is 1. The van der Waals surface area contributed by atoms with Gasteiger partial charge in [0.1, 0.15) is 23.8 Å². The van der Waals surface area contributed by atoms with Crippen LogP contribution >= 0.6 is 11.6 Å². The number of piperidine rings is 1. The third-order valence-electron chi connectivity index (χ3n) is 5.34. The first-order chi connectivity index (χ1) is 16.5. The molecule has 0 bridgehead atoms. The molecule has 0 aliphatic carbocycles. The molecule has 1 amide bonds. The summed E-state index contributed by atoms with van der Waals surface area (Å²) in [6.45, 7) is 2.98. The van der Waals surface area contributed by atoms with Crippen molar-refractivity contribution in [2.75, 3.05) is 35.6 Å². The van der Waals surface area contributed by atoms with Crippen LogP contribution in [0.3, 0.4) is 0 Å². The Labute approximate surface area is 203 Å². The van der Waals surface area contributed by atoms with Gasteiger partial charge in [-0.25, -0.2) is 14.4 Å². The Morgan fingerprint density at radius 1 is 0.971 bits per heavy atom. The van der Waals surface area contributed by atoms with Gasteiger partial charge in [-0.05, 0) is 62.3 Å². The molecule has 34 heavy (non-hydrogen) atoms. The molecule has 9 heteroatoms. The fourth-order valence-corrected chi connectivity index (χ4v) is 3.85. The van der Waals surface area contributed by atoms with Gasteiger partial charge >= 0.3 is 0 Å². The van der Waals surface area contributed by atoms with Gasteiger partial charge in [0.15, 0.2) is 0 Å². The van der Waals surface area contributed by atoms with Gasteiger partial charge < -0.3 is 16.0 Å². The highest BCUT2D eigenvalue weighted by Crippen LogP contribution is 2.24. The van der Waals surface area contributed by atoms with Crippen molar-refractivity contribution < 1.29 is 9.18 Å². The Balaban J connectivity index is 1.34. The zero-order chi connectivity index (χ0) is 23.8. The maximum atomic E-state index is 13.4. The van der Waals surface area contributed by atoms with E-state index in [0.29, 0.717) is 23.0 Å². The molecule has 0 atom stereocenters. The van der Waals surface area contributed by atoms with E-state index in [1.165, 1.54) is 37.7 Å². The minimum atomic E-state index is -0.485. The third kappa shape index (κ3) is 7.00. The van der Waals surface area contributed by atoms with Crippen LogP contribution in [0.4, 0.5) is 33.1 Å². The molecule has 4 rings (SSSR count). The minimum Gasteiger partial charge on any atom is -0.340 e. The first-order valence-corrected chi connectivity index (χ1v) is 11.5. The van der Waals surface area contributed by atoms with Gasteiger partial charge in [0.05, 0.1) is 5.02 Å². The highest BCUT2D eigenvalue weighted by Gasteiger charge is 2.08. The zero-order valence-electron chi connectivity index (χ0n) is 18.6. The van der Waals surface area contributed by atoms with E-state index in [-0.39, 0.29) is 10.9 Å². The summed E-state index contributed by atoms with van der Waals surface area (Å²) in [7, 11) is 0. The molecule has 7 nitrogen and oxygen atoms in total. The predicted octanol–water partition coefficient (Wildman–Crippen LogP) is 5.74. The van der Waals surface area contributed by atoms with Crippen LogP contribution in [0.5, 0.6) is 0 Å². The fraction of sp³-hybridized carbons (Fsp3) is 0.240. The number of benzene rings is 2. The molecule has 0 saturated carbocycles. The van der Waals surface area contributed by atoms with E-state index in [2.05, 4.69) is 30.8 Å². The van der Waals surface area contributed by atoms with Crippen molar-refractivity contribution in [2.45, 2.75) is 19.3 Å². The average molecular weight is 481 g/mol. The van der Waals surface area contributed by atoms with Crippen LogP contribution < -0.4 is 16.0 Å². The van der Waals surface area contributed by atoms with Crippen LogP contribution in [-0.4, -0.2) is 40.4 Å². The van der Waals surface area contributed by atoms with Crippen LogP contribution in [0, 0.1) is 5.82 Å². The number of nitrogens with zero attached hydrogens (tertiary/aromatic N) is 3. The van der Waals surface area contributed by atoms with Crippen LogP contribution in [0.2, 0.25) is 5.02 Å². The molecule has 3 N–H and O–H groups in total. The Kier molecular flexibility index (Phi) is 8.06. The van der Waals surface area contributed by atoms with Gasteiger partial charge in [-0.2, -0.15) is 0 Å². The number of carbonyl (C=O) groups excluding carboxylic acids is 1. The number of hydrogen-bond acceptors (Lipinski definition) is 6. The molecule has 0 radical (unpaired) electrons. The Bertz CT molecular complexity index is 1170. The first kappa shape index (κ1) is 23.7. The number of amides is 1. The highest BCUT2D eigenvalue weighted by molar-refractivity contribution is 6.31. The van der Waals surface area contributed by atoms with Gasteiger partial charge in [-0.3, -0.25) is 9.69 Å². The van der Waals surface area contributed by atoms with Gasteiger partial charge in [0.25, 0.3) is 0 Å². The molecule has 1 fully saturated rings. The van der Waals surface area contributed by atoms with Gasteiger partial charge in [0.2, 0.25) is 5.91 Å². The van der Waals surface area contributed by atoms with E-state index in [9.17, 15) is 9.18 Å². The summed E-state index contributed by atoms with van der Waals surface area (Å²) in [5.41, 5.74) is 2.03. The number of carbonyl (C=O) groups is 1. The average Bonchev–Trinajstić information content (AvgIpc) is 2.83. The SMILES string of the molecule is O=C(/C=C/CN1CCCCC1)Nc1cccc(Nc2cc(Nc3ccc(F)c(Cl)c3)ncn2)c1. The molecule has 2 heterocycles. The third-order valence-corrected chi connectivity index (χ3v) is 5.63. The lowest BCUT2D eigenvalue weighted by Gasteiger charge is -2.24. The van der Waals surface area contributed by atoms with Crippen molar-refractivity contribution in [3.8, 4) is 0 Å². The lowest BCUT2D eigenvalue weighted by atomic mass is 10.1. The van der Waals surface area contributed by atoms with Gasteiger partial charge in [-0.1, -0.05) is 30.2 Å². The van der Waals surface area contributed by atoms with Crippen molar-refractivity contribution in [3.63, 3.8) is 0 Å². The largest absolute Gasteiger partial charge is 0.340 e. The van der Waals surface area contributed by atoms with Crippen LogP contribution in [0.15, 0.2) is 67.0 Å². The second kappa shape index (κ2) is 11.6. The van der Waals surface area contributed by atoms with E-state index < -0.39 is 5.82 Å².